The fourth-order valence-corrected chi connectivity index (χ4v) is 3.48. The number of ether oxygens (including phenoxy) is 2. The number of carboxylic acids is 1. The highest BCUT2D eigenvalue weighted by molar-refractivity contribution is 7.89. The first kappa shape index (κ1) is 21.2. The molecule has 2 aromatic rings. The van der Waals surface area contributed by atoms with Crippen LogP contribution in [0.4, 0.5) is 0 Å². The van der Waals surface area contributed by atoms with Crippen molar-refractivity contribution < 1.29 is 27.8 Å². The number of carbonyl (C=O) groups is 1. The maximum absolute atomic E-state index is 12.7. The molecule has 0 amide bonds. The van der Waals surface area contributed by atoms with E-state index in [2.05, 4.69) is 9.93 Å². The summed E-state index contributed by atoms with van der Waals surface area (Å²) in [4.78, 5) is 12.9. The summed E-state index contributed by atoms with van der Waals surface area (Å²) in [5, 5.41) is 12.9. The van der Waals surface area contributed by atoms with E-state index in [-0.39, 0.29) is 17.1 Å². The summed E-state index contributed by atoms with van der Waals surface area (Å²) in [7, 11) is -1.24. The molecule has 0 bridgehead atoms. The van der Waals surface area contributed by atoms with Gasteiger partial charge in [-0.3, -0.25) is 4.79 Å². The van der Waals surface area contributed by atoms with Crippen molar-refractivity contribution in [2.24, 2.45) is 5.10 Å². The highest BCUT2D eigenvalue weighted by Crippen LogP contribution is 2.28. The first-order chi connectivity index (χ1) is 13.4. The van der Waals surface area contributed by atoms with Gasteiger partial charge in [0, 0.05) is 12.5 Å². The number of rotatable bonds is 10. The average Bonchev–Trinajstić information content (AvgIpc) is 2.70. The molecule has 0 spiro atoms. The Morgan fingerprint density at radius 1 is 1.07 bits per heavy atom. The molecule has 0 saturated carbocycles. The van der Waals surface area contributed by atoms with Crippen LogP contribution < -0.4 is 14.3 Å². The van der Waals surface area contributed by atoms with E-state index in [4.69, 9.17) is 14.6 Å². The van der Waals surface area contributed by atoms with Crippen molar-refractivity contribution in [2.75, 3.05) is 14.2 Å². The highest BCUT2D eigenvalue weighted by atomic mass is 32.2. The van der Waals surface area contributed by atoms with Gasteiger partial charge >= 0.3 is 5.97 Å². The molecule has 0 fully saturated rings. The zero-order valence-electron chi connectivity index (χ0n) is 15.6. The van der Waals surface area contributed by atoms with Crippen molar-refractivity contribution in [2.45, 2.75) is 24.2 Å². The molecule has 28 heavy (non-hydrogen) atoms. The van der Waals surface area contributed by atoms with Crippen molar-refractivity contribution in [1.82, 2.24) is 4.83 Å². The highest BCUT2D eigenvalue weighted by Gasteiger charge is 2.20. The number of aliphatic carboxylic acids is 1. The van der Waals surface area contributed by atoms with Gasteiger partial charge in [0.1, 0.15) is 16.4 Å². The summed E-state index contributed by atoms with van der Waals surface area (Å²) >= 11 is 0. The molecule has 2 N–H and O–H groups in total. The van der Waals surface area contributed by atoms with Crippen LogP contribution in [0.15, 0.2) is 58.5 Å². The maximum atomic E-state index is 12.7. The molecule has 0 unspecified atom stereocenters. The summed E-state index contributed by atoms with van der Waals surface area (Å²) < 4.78 is 35.7. The predicted molar refractivity (Wildman–Crippen MR) is 104 cm³/mol. The minimum Gasteiger partial charge on any atom is -0.497 e. The Kier molecular flexibility index (Phi) is 7.39. The number of carboxylic acid groups (broad SMARTS) is 1. The molecule has 150 valence electrons. The second kappa shape index (κ2) is 9.75. The maximum Gasteiger partial charge on any atom is 0.303 e. The number of nitrogens with one attached hydrogen (secondary N) is 1. The van der Waals surface area contributed by atoms with Gasteiger partial charge in [0.05, 0.1) is 19.9 Å². The van der Waals surface area contributed by atoms with E-state index in [0.29, 0.717) is 29.9 Å². The molecule has 0 aliphatic carbocycles. The SMILES string of the molecule is COc1ccc(OC)c(S(=O)(=O)N/N=C(\CCCC(=O)O)c2ccccc2)c1. The van der Waals surface area contributed by atoms with Crippen LogP contribution in [0.1, 0.15) is 24.8 Å². The molecule has 2 rings (SSSR count). The summed E-state index contributed by atoms with van der Waals surface area (Å²) in [6.45, 7) is 0. The summed E-state index contributed by atoms with van der Waals surface area (Å²) in [6.07, 6.45) is 0.587. The standard InChI is InChI=1S/C19H22N2O6S/c1-26-15-11-12-17(27-2)18(13-15)28(24,25)21-20-16(9-6-10-19(22)23)14-7-4-3-5-8-14/h3-5,7-8,11-13,21H,6,9-10H2,1-2H3,(H,22,23)/b20-16+. The van der Waals surface area contributed by atoms with Crippen molar-refractivity contribution in [3.05, 3.63) is 54.1 Å². The summed E-state index contributed by atoms with van der Waals surface area (Å²) in [5.41, 5.74) is 1.14. The van der Waals surface area contributed by atoms with E-state index in [1.165, 1.54) is 26.4 Å². The van der Waals surface area contributed by atoms with Crippen LogP contribution in [0.5, 0.6) is 11.5 Å². The number of hydrogen-bond acceptors (Lipinski definition) is 6. The van der Waals surface area contributed by atoms with E-state index in [1.54, 1.807) is 30.3 Å². The van der Waals surface area contributed by atoms with Crippen molar-refractivity contribution >= 4 is 21.7 Å². The van der Waals surface area contributed by atoms with E-state index < -0.39 is 16.0 Å². The number of nitrogens with zero attached hydrogens (tertiary/aromatic N) is 1. The van der Waals surface area contributed by atoms with Crippen molar-refractivity contribution in [3.63, 3.8) is 0 Å². The molecule has 0 aromatic heterocycles. The second-order valence-corrected chi connectivity index (χ2v) is 7.41. The Morgan fingerprint density at radius 3 is 2.39 bits per heavy atom. The van der Waals surface area contributed by atoms with Crippen molar-refractivity contribution in [3.8, 4) is 11.5 Å². The van der Waals surface area contributed by atoms with Gasteiger partial charge in [-0.05, 0) is 30.5 Å². The largest absolute Gasteiger partial charge is 0.497 e. The first-order valence-corrected chi connectivity index (χ1v) is 9.93. The third-order valence-electron chi connectivity index (χ3n) is 3.87. The molecule has 8 nitrogen and oxygen atoms in total. The van der Waals surface area contributed by atoms with Gasteiger partial charge in [-0.2, -0.15) is 18.4 Å². The lowest BCUT2D eigenvalue weighted by molar-refractivity contribution is -0.137. The lowest BCUT2D eigenvalue weighted by atomic mass is 10.0. The van der Waals surface area contributed by atoms with Crippen LogP contribution in [0.25, 0.3) is 0 Å². The van der Waals surface area contributed by atoms with Crippen LogP contribution >= 0.6 is 0 Å². The monoisotopic (exact) mass is 406 g/mol. The smallest absolute Gasteiger partial charge is 0.303 e. The molecule has 0 aliphatic heterocycles. The van der Waals surface area contributed by atoms with Crippen LogP contribution in [0.3, 0.4) is 0 Å². The topological polar surface area (TPSA) is 114 Å². The molecular weight excluding hydrogens is 384 g/mol. The van der Waals surface area contributed by atoms with Gasteiger partial charge in [0.15, 0.2) is 0 Å². The lowest BCUT2D eigenvalue weighted by Crippen LogP contribution is -2.21. The Bertz CT molecular complexity index is 942. The van der Waals surface area contributed by atoms with E-state index in [9.17, 15) is 13.2 Å². The van der Waals surface area contributed by atoms with Gasteiger partial charge in [-0.25, -0.2) is 0 Å². The van der Waals surface area contributed by atoms with Gasteiger partial charge in [0.25, 0.3) is 10.0 Å². The van der Waals surface area contributed by atoms with Crippen LogP contribution in [0.2, 0.25) is 0 Å². The number of methoxy groups -OCH3 is 2. The average molecular weight is 406 g/mol. The third-order valence-corrected chi connectivity index (χ3v) is 5.10. The third kappa shape index (κ3) is 5.71. The Balaban J connectivity index is 2.33. The van der Waals surface area contributed by atoms with Crippen LogP contribution in [0, 0.1) is 0 Å². The molecule has 0 saturated heterocycles. The molecule has 2 aromatic carbocycles. The van der Waals surface area contributed by atoms with E-state index in [1.807, 2.05) is 6.07 Å². The lowest BCUT2D eigenvalue weighted by Gasteiger charge is -2.12. The molecular formula is C19H22N2O6S. The minimum absolute atomic E-state index is 0.0394. The molecule has 0 atom stereocenters. The molecule has 0 heterocycles. The van der Waals surface area contributed by atoms with Gasteiger partial charge in [0.2, 0.25) is 0 Å². The Morgan fingerprint density at radius 2 is 1.79 bits per heavy atom. The van der Waals surface area contributed by atoms with E-state index >= 15 is 0 Å². The van der Waals surface area contributed by atoms with Crippen LogP contribution in [-0.2, 0) is 14.8 Å². The Hall–Kier alpha value is -3.07. The van der Waals surface area contributed by atoms with Crippen molar-refractivity contribution in [1.29, 1.82) is 0 Å². The number of hydrazone groups is 1. The molecule has 9 heteroatoms. The van der Waals surface area contributed by atoms with Crippen LogP contribution in [-0.4, -0.2) is 39.4 Å². The normalized spacial score (nSPS) is 11.7. The minimum atomic E-state index is -4.04. The zero-order chi connectivity index (χ0) is 20.6. The second-order valence-electron chi connectivity index (χ2n) is 5.78. The van der Waals surface area contributed by atoms with Gasteiger partial charge in [-0.15, -0.1) is 0 Å². The Labute approximate surface area is 163 Å². The summed E-state index contributed by atoms with van der Waals surface area (Å²) in [6, 6.07) is 13.4. The fourth-order valence-electron chi connectivity index (χ4n) is 2.46. The first-order valence-electron chi connectivity index (χ1n) is 8.45. The number of benzene rings is 2. The van der Waals surface area contributed by atoms with Gasteiger partial charge < -0.3 is 14.6 Å². The molecule has 0 radical (unpaired) electrons. The number of hydrogen-bond donors (Lipinski definition) is 2. The summed E-state index contributed by atoms with van der Waals surface area (Å²) in [5.74, 6) is -0.417. The number of sulfonamides is 1. The quantitative estimate of drug-likeness (QED) is 0.463. The van der Waals surface area contributed by atoms with Gasteiger partial charge in [-0.1, -0.05) is 30.3 Å². The van der Waals surface area contributed by atoms with E-state index in [0.717, 1.165) is 0 Å². The zero-order valence-corrected chi connectivity index (χ0v) is 16.4. The molecule has 0 aliphatic rings. The fraction of sp³-hybridized carbons (Fsp3) is 0.263. The predicted octanol–water partition coefficient (Wildman–Crippen LogP) is 2.64.